The number of imidazole rings is 1. The van der Waals surface area contributed by atoms with Crippen LogP contribution in [0.25, 0.3) is 11.0 Å². The Hall–Kier alpha value is -1.62. The number of fused-ring (bicyclic) bond motifs is 1. The Bertz CT molecular complexity index is 471. The van der Waals surface area contributed by atoms with Gasteiger partial charge in [-0.05, 0) is 6.07 Å². The third-order valence-electron chi connectivity index (χ3n) is 1.90. The van der Waals surface area contributed by atoms with E-state index < -0.39 is 0 Å². The minimum Gasteiger partial charge on any atom is -0.395 e. The molecule has 2 rings (SSSR count). The van der Waals surface area contributed by atoms with Crippen LogP contribution in [-0.2, 0) is 6.54 Å². The Kier molecular flexibility index (Phi) is 1.86. The van der Waals surface area contributed by atoms with Crippen LogP contribution < -0.4 is 5.69 Å². The number of aliphatic hydroxyl groups is 1. The second kappa shape index (κ2) is 3.02. The molecule has 2 aromatic rings. The standard InChI is InChI=1S/C8H9N3O2/c12-4-3-11-7-1-2-9-5-6(7)10-8(11)13/h1-2,5,12H,3-4H2,(H,10,13). The van der Waals surface area contributed by atoms with Crippen molar-refractivity contribution in [2.24, 2.45) is 0 Å². The molecule has 0 bridgehead atoms. The van der Waals surface area contributed by atoms with Crippen LogP contribution in [0.3, 0.4) is 0 Å². The molecule has 2 heterocycles. The Morgan fingerprint density at radius 1 is 1.62 bits per heavy atom. The van der Waals surface area contributed by atoms with E-state index in [1.165, 1.54) is 4.57 Å². The molecule has 0 amide bonds. The Labute approximate surface area is 73.7 Å². The number of aliphatic hydroxyl groups excluding tert-OH is 1. The van der Waals surface area contributed by atoms with Gasteiger partial charge in [0.25, 0.3) is 0 Å². The molecule has 0 unspecified atom stereocenters. The zero-order valence-electron chi connectivity index (χ0n) is 6.90. The highest BCUT2D eigenvalue weighted by Crippen LogP contribution is 2.06. The van der Waals surface area contributed by atoms with Gasteiger partial charge in [-0.15, -0.1) is 0 Å². The van der Waals surface area contributed by atoms with Crippen molar-refractivity contribution in [2.75, 3.05) is 6.61 Å². The average molecular weight is 179 g/mol. The quantitative estimate of drug-likeness (QED) is 0.665. The highest BCUT2D eigenvalue weighted by molar-refractivity contribution is 5.73. The lowest BCUT2D eigenvalue weighted by Crippen LogP contribution is -2.18. The van der Waals surface area contributed by atoms with E-state index in [4.69, 9.17) is 5.11 Å². The first-order valence-electron chi connectivity index (χ1n) is 3.96. The number of hydrogen-bond donors (Lipinski definition) is 2. The van der Waals surface area contributed by atoms with E-state index in [0.29, 0.717) is 12.1 Å². The van der Waals surface area contributed by atoms with Crippen molar-refractivity contribution in [2.45, 2.75) is 6.54 Å². The third kappa shape index (κ3) is 1.23. The number of H-pyrrole nitrogens is 1. The molecule has 0 aromatic carbocycles. The van der Waals surface area contributed by atoms with E-state index >= 15 is 0 Å². The molecule has 68 valence electrons. The van der Waals surface area contributed by atoms with Gasteiger partial charge in [0.2, 0.25) is 0 Å². The van der Waals surface area contributed by atoms with Crippen molar-refractivity contribution in [1.82, 2.24) is 14.5 Å². The van der Waals surface area contributed by atoms with Gasteiger partial charge in [-0.25, -0.2) is 4.79 Å². The molecule has 0 aliphatic heterocycles. The molecule has 5 heteroatoms. The molecule has 0 aliphatic carbocycles. The van der Waals surface area contributed by atoms with Gasteiger partial charge in [-0.1, -0.05) is 0 Å². The van der Waals surface area contributed by atoms with Gasteiger partial charge in [-0.2, -0.15) is 0 Å². The topological polar surface area (TPSA) is 70.9 Å². The number of nitrogens with zero attached hydrogens (tertiary/aromatic N) is 2. The van der Waals surface area contributed by atoms with Crippen molar-refractivity contribution in [3.05, 3.63) is 28.9 Å². The predicted molar refractivity (Wildman–Crippen MR) is 47.4 cm³/mol. The van der Waals surface area contributed by atoms with E-state index in [-0.39, 0.29) is 12.3 Å². The Balaban J connectivity index is 2.71. The fraction of sp³-hybridized carbons (Fsp3) is 0.250. The molecule has 2 aromatic heterocycles. The summed E-state index contributed by atoms with van der Waals surface area (Å²) in [6.45, 7) is 0.262. The monoisotopic (exact) mass is 179 g/mol. The number of pyridine rings is 1. The van der Waals surface area contributed by atoms with Crippen molar-refractivity contribution in [3.8, 4) is 0 Å². The van der Waals surface area contributed by atoms with Gasteiger partial charge in [0.15, 0.2) is 0 Å². The minimum absolute atomic E-state index is 0.0464. The third-order valence-corrected chi connectivity index (χ3v) is 1.90. The Morgan fingerprint density at radius 2 is 2.46 bits per heavy atom. The van der Waals surface area contributed by atoms with Crippen LogP contribution >= 0.6 is 0 Å². The number of hydrogen-bond acceptors (Lipinski definition) is 3. The maximum atomic E-state index is 11.3. The summed E-state index contributed by atoms with van der Waals surface area (Å²) in [5, 5.41) is 8.73. The largest absolute Gasteiger partial charge is 0.395 e. The second-order valence-electron chi connectivity index (χ2n) is 2.70. The summed E-state index contributed by atoms with van der Waals surface area (Å²) in [6.07, 6.45) is 3.20. The zero-order valence-corrected chi connectivity index (χ0v) is 6.90. The molecule has 0 spiro atoms. The van der Waals surface area contributed by atoms with E-state index in [2.05, 4.69) is 9.97 Å². The highest BCUT2D eigenvalue weighted by Gasteiger charge is 2.04. The van der Waals surface area contributed by atoms with E-state index in [1.54, 1.807) is 18.5 Å². The number of nitrogens with one attached hydrogen (secondary N) is 1. The zero-order chi connectivity index (χ0) is 9.26. The highest BCUT2D eigenvalue weighted by atomic mass is 16.3. The summed E-state index contributed by atoms with van der Waals surface area (Å²) in [5.41, 5.74) is 1.26. The summed E-state index contributed by atoms with van der Waals surface area (Å²) in [6, 6.07) is 1.74. The van der Waals surface area contributed by atoms with Gasteiger partial charge in [0, 0.05) is 6.20 Å². The van der Waals surface area contributed by atoms with Crippen molar-refractivity contribution in [3.63, 3.8) is 0 Å². The van der Waals surface area contributed by atoms with Crippen molar-refractivity contribution < 1.29 is 5.11 Å². The predicted octanol–water partition coefficient (Wildman–Crippen LogP) is -0.283. The van der Waals surface area contributed by atoms with Gasteiger partial charge < -0.3 is 10.1 Å². The van der Waals surface area contributed by atoms with Gasteiger partial charge in [-0.3, -0.25) is 9.55 Å². The first-order chi connectivity index (χ1) is 6.33. The molecule has 0 radical (unpaired) electrons. The van der Waals surface area contributed by atoms with Crippen LogP contribution in [0.15, 0.2) is 23.3 Å². The maximum Gasteiger partial charge on any atom is 0.326 e. The number of aromatic nitrogens is 3. The first-order valence-corrected chi connectivity index (χ1v) is 3.96. The van der Waals surface area contributed by atoms with E-state index in [0.717, 1.165) is 5.52 Å². The van der Waals surface area contributed by atoms with Gasteiger partial charge >= 0.3 is 5.69 Å². The summed E-state index contributed by atoms with van der Waals surface area (Å²) >= 11 is 0. The molecular formula is C8H9N3O2. The van der Waals surface area contributed by atoms with Crippen LogP contribution in [0, 0.1) is 0 Å². The lowest BCUT2D eigenvalue weighted by atomic mass is 10.4. The molecule has 2 N–H and O–H groups in total. The normalized spacial score (nSPS) is 10.8. The summed E-state index contributed by atoms with van der Waals surface area (Å²) < 4.78 is 1.48. The van der Waals surface area contributed by atoms with E-state index in [9.17, 15) is 4.79 Å². The molecule has 0 aliphatic rings. The molecular weight excluding hydrogens is 170 g/mol. The summed E-state index contributed by atoms with van der Waals surface area (Å²) in [5.74, 6) is 0. The smallest absolute Gasteiger partial charge is 0.326 e. The number of aromatic amines is 1. The maximum absolute atomic E-state index is 11.3. The second-order valence-corrected chi connectivity index (χ2v) is 2.70. The molecule has 0 saturated heterocycles. The van der Waals surface area contributed by atoms with Gasteiger partial charge in [0.05, 0.1) is 30.4 Å². The fourth-order valence-electron chi connectivity index (χ4n) is 1.33. The fourth-order valence-corrected chi connectivity index (χ4v) is 1.33. The van der Waals surface area contributed by atoms with Crippen LogP contribution in [0.2, 0.25) is 0 Å². The van der Waals surface area contributed by atoms with Crippen molar-refractivity contribution in [1.29, 1.82) is 0 Å². The van der Waals surface area contributed by atoms with Gasteiger partial charge in [0.1, 0.15) is 0 Å². The lowest BCUT2D eigenvalue weighted by molar-refractivity contribution is 0.276. The first kappa shape index (κ1) is 8.00. The van der Waals surface area contributed by atoms with Crippen LogP contribution in [0.5, 0.6) is 0 Å². The van der Waals surface area contributed by atoms with E-state index in [1.807, 2.05) is 0 Å². The number of rotatable bonds is 2. The van der Waals surface area contributed by atoms with Crippen LogP contribution in [0.1, 0.15) is 0 Å². The molecule has 0 saturated carbocycles. The van der Waals surface area contributed by atoms with Crippen LogP contribution in [-0.4, -0.2) is 26.2 Å². The SMILES string of the molecule is O=c1[nH]c2cnccc2n1CCO. The molecule has 0 fully saturated rings. The Morgan fingerprint density at radius 3 is 3.23 bits per heavy atom. The molecule has 13 heavy (non-hydrogen) atoms. The van der Waals surface area contributed by atoms with Crippen LogP contribution in [0.4, 0.5) is 0 Å². The average Bonchev–Trinajstić information content (AvgIpc) is 2.44. The lowest BCUT2D eigenvalue weighted by Gasteiger charge is -1.97. The van der Waals surface area contributed by atoms with Crippen molar-refractivity contribution >= 4 is 11.0 Å². The molecule has 0 atom stereocenters. The minimum atomic E-state index is -0.211. The summed E-state index contributed by atoms with van der Waals surface area (Å²) in [7, 11) is 0. The summed E-state index contributed by atoms with van der Waals surface area (Å²) in [4.78, 5) is 17.8. The molecule has 5 nitrogen and oxygen atoms in total.